The lowest BCUT2D eigenvalue weighted by Gasteiger charge is -2.19. The number of hydrogen-bond donors (Lipinski definition) is 0. The lowest BCUT2D eigenvalue weighted by Crippen LogP contribution is -2.22. The van der Waals surface area contributed by atoms with Gasteiger partial charge in [-0.15, -0.1) is 0 Å². The van der Waals surface area contributed by atoms with Gasteiger partial charge in [-0.3, -0.25) is 4.90 Å². The molecule has 1 aliphatic rings. The minimum Gasteiger partial charge on any atom is -0.299 e. The van der Waals surface area contributed by atoms with Crippen LogP contribution in [0.2, 0.25) is 0 Å². The summed E-state index contributed by atoms with van der Waals surface area (Å²) in [6.45, 7) is 2.91. The highest BCUT2D eigenvalue weighted by Gasteiger charge is 2.32. The SMILES string of the molecule is N#CC(c1ncnc2ccccc12)C1CCN(Cc2ccccc2)C1. The summed E-state index contributed by atoms with van der Waals surface area (Å²) >= 11 is 0. The van der Waals surface area contributed by atoms with Gasteiger partial charge in [-0.2, -0.15) is 5.26 Å². The summed E-state index contributed by atoms with van der Waals surface area (Å²) in [5, 5.41) is 10.8. The van der Waals surface area contributed by atoms with Crippen LogP contribution in [0.3, 0.4) is 0 Å². The van der Waals surface area contributed by atoms with Crippen molar-refractivity contribution in [2.45, 2.75) is 18.9 Å². The van der Waals surface area contributed by atoms with Crippen LogP contribution in [0.1, 0.15) is 23.6 Å². The minimum atomic E-state index is -0.186. The predicted octanol–water partition coefficient (Wildman–Crippen LogP) is 3.76. The maximum Gasteiger partial charge on any atom is 0.116 e. The summed E-state index contributed by atoms with van der Waals surface area (Å²) in [6, 6.07) is 21.0. The molecular weight excluding hydrogens is 308 g/mol. The topological polar surface area (TPSA) is 52.8 Å². The molecule has 0 N–H and O–H groups in total. The maximum absolute atomic E-state index is 9.85. The zero-order chi connectivity index (χ0) is 17.1. The molecule has 4 nitrogen and oxygen atoms in total. The van der Waals surface area contributed by atoms with Crippen LogP contribution in [-0.4, -0.2) is 28.0 Å². The average Bonchev–Trinajstić information content (AvgIpc) is 3.11. The number of hydrogen-bond acceptors (Lipinski definition) is 4. The Hall–Kier alpha value is -2.77. The van der Waals surface area contributed by atoms with Crippen LogP contribution in [0.15, 0.2) is 60.9 Å². The van der Waals surface area contributed by atoms with E-state index in [1.807, 2.05) is 30.3 Å². The average molecular weight is 328 g/mol. The van der Waals surface area contributed by atoms with E-state index >= 15 is 0 Å². The number of nitriles is 1. The van der Waals surface area contributed by atoms with Gasteiger partial charge in [0.25, 0.3) is 0 Å². The van der Waals surface area contributed by atoms with Gasteiger partial charge >= 0.3 is 0 Å². The largest absolute Gasteiger partial charge is 0.299 e. The number of benzene rings is 2. The second kappa shape index (κ2) is 7.00. The normalized spacial score (nSPS) is 18.9. The number of rotatable bonds is 4. The maximum atomic E-state index is 9.85. The van der Waals surface area contributed by atoms with E-state index in [0.717, 1.165) is 42.7 Å². The minimum absolute atomic E-state index is 0.186. The molecule has 1 aliphatic heterocycles. The van der Waals surface area contributed by atoms with Gasteiger partial charge in [0.05, 0.1) is 23.2 Å². The molecule has 1 saturated heterocycles. The van der Waals surface area contributed by atoms with Crippen molar-refractivity contribution in [3.05, 3.63) is 72.2 Å². The van der Waals surface area contributed by atoms with E-state index in [1.165, 1.54) is 5.56 Å². The lowest BCUT2D eigenvalue weighted by molar-refractivity contribution is 0.312. The van der Waals surface area contributed by atoms with E-state index in [4.69, 9.17) is 0 Å². The van der Waals surface area contributed by atoms with Crippen LogP contribution in [0, 0.1) is 17.2 Å². The van der Waals surface area contributed by atoms with Crippen molar-refractivity contribution in [3.8, 4) is 6.07 Å². The molecule has 0 aliphatic carbocycles. The molecule has 0 bridgehead atoms. The van der Waals surface area contributed by atoms with Crippen molar-refractivity contribution in [2.24, 2.45) is 5.92 Å². The first-order chi connectivity index (χ1) is 12.3. The first-order valence-corrected chi connectivity index (χ1v) is 8.70. The summed E-state index contributed by atoms with van der Waals surface area (Å²) in [5.41, 5.74) is 3.11. The Balaban J connectivity index is 1.55. The van der Waals surface area contributed by atoms with Crippen LogP contribution < -0.4 is 0 Å². The van der Waals surface area contributed by atoms with Gasteiger partial charge in [0.2, 0.25) is 0 Å². The van der Waals surface area contributed by atoms with Crippen molar-refractivity contribution in [2.75, 3.05) is 13.1 Å². The van der Waals surface area contributed by atoms with Crippen LogP contribution in [0.4, 0.5) is 0 Å². The van der Waals surface area contributed by atoms with Crippen LogP contribution in [0.25, 0.3) is 10.9 Å². The molecule has 0 saturated carbocycles. The number of likely N-dealkylation sites (tertiary alicyclic amines) is 1. The number of nitrogens with zero attached hydrogens (tertiary/aromatic N) is 4. The third kappa shape index (κ3) is 3.24. The van der Waals surface area contributed by atoms with E-state index < -0.39 is 0 Å². The van der Waals surface area contributed by atoms with Crippen LogP contribution in [-0.2, 0) is 6.54 Å². The first kappa shape index (κ1) is 15.7. The van der Waals surface area contributed by atoms with Crippen molar-refractivity contribution in [1.29, 1.82) is 5.26 Å². The van der Waals surface area contributed by atoms with Crippen LogP contribution >= 0.6 is 0 Å². The Morgan fingerprint density at radius 3 is 2.72 bits per heavy atom. The number of fused-ring (bicyclic) bond motifs is 1. The van der Waals surface area contributed by atoms with Crippen molar-refractivity contribution in [3.63, 3.8) is 0 Å². The predicted molar refractivity (Wildman–Crippen MR) is 97.7 cm³/mol. The number of aromatic nitrogens is 2. The van der Waals surface area contributed by atoms with Gasteiger partial charge in [0.1, 0.15) is 6.33 Å². The Kier molecular flexibility index (Phi) is 4.41. The standard InChI is InChI=1S/C21H20N4/c22-12-19(21-18-8-4-5-9-20(18)23-15-24-21)17-10-11-25(14-17)13-16-6-2-1-3-7-16/h1-9,15,17,19H,10-11,13-14H2. The summed E-state index contributed by atoms with van der Waals surface area (Å²) in [4.78, 5) is 11.2. The molecule has 124 valence electrons. The quantitative estimate of drug-likeness (QED) is 0.732. The second-order valence-corrected chi connectivity index (χ2v) is 6.65. The van der Waals surface area contributed by atoms with E-state index in [0.29, 0.717) is 5.92 Å². The van der Waals surface area contributed by atoms with Crippen molar-refractivity contribution >= 4 is 10.9 Å². The molecule has 1 aromatic heterocycles. The van der Waals surface area contributed by atoms with Crippen molar-refractivity contribution < 1.29 is 0 Å². The molecule has 2 aromatic carbocycles. The Morgan fingerprint density at radius 2 is 1.88 bits per heavy atom. The summed E-state index contributed by atoms with van der Waals surface area (Å²) in [7, 11) is 0. The van der Waals surface area contributed by atoms with Crippen LogP contribution in [0.5, 0.6) is 0 Å². The molecule has 0 amide bonds. The fourth-order valence-corrected chi connectivity index (χ4v) is 3.78. The molecular formula is C21H20N4. The molecule has 4 rings (SSSR count). The number of para-hydroxylation sites is 1. The molecule has 2 atom stereocenters. The Labute approximate surface area is 147 Å². The van der Waals surface area contributed by atoms with Gasteiger partial charge in [0.15, 0.2) is 0 Å². The van der Waals surface area contributed by atoms with Gasteiger partial charge in [-0.1, -0.05) is 48.5 Å². The van der Waals surface area contributed by atoms with Gasteiger partial charge in [-0.05, 0) is 30.5 Å². The van der Waals surface area contributed by atoms with E-state index in [9.17, 15) is 5.26 Å². The third-order valence-electron chi connectivity index (χ3n) is 5.04. The van der Waals surface area contributed by atoms with E-state index in [-0.39, 0.29) is 5.92 Å². The highest BCUT2D eigenvalue weighted by molar-refractivity contribution is 5.81. The van der Waals surface area contributed by atoms with E-state index in [1.54, 1.807) is 6.33 Å². The first-order valence-electron chi connectivity index (χ1n) is 8.70. The fraction of sp³-hybridized carbons (Fsp3) is 0.286. The summed E-state index contributed by atoms with van der Waals surface area (Å²) < 4.78 is 0. The fourth-order valence-electron chi connectivity index (χ4n) is 3.78. The molecule has 0 spiro atoms. The van der Waals surface area contributed by atoms with Gasteiger partial charge < -0.3 is 0 Å². The molecule has 3 aromatic rings. The zero-order valence-corrected chi connectivity index (χ0v) is 14.0. The molecule has 4 heteroatoms. The van der Waals surface area contributed by atoms with E-state index in [2.05, 4.69) is 45.2 Å². The highest BCUT2D eigenvalue weighted by Crippen LogP contribution is 2.34. The molecule has 2 unspecified atom stereocenters. The van der Waals surface area contributed by atoms with Crippen molar-refractivity contribution in [1.82, 2.24) is 14.9 Å². The summed E-state index contributed by atoms with van der Waals surface area (Å²) in [6.07, 6.45) is 2.61. The molecule has 1 fully saturated rings. The molecule has 25 heavy (non-hydrogen) atoms. The molecule has 0 radical (unpaired) electrons. The lowest BCUT2D eigenvalue weighted by atomic mass is 9.88. The zero-order valence-electron chi connectivity index (χ0n) is 14.0. The third-order valence-corrected chi connectivity index (χ3v) is 5.04. The van der Waals surface area contributed by atoms with Gasteiger partial charge in [0, 0.05) is 18.5 Å². The monoisotopic (exact) mass is 328 g/mol. The van der Waals surface area contributed by atoms with Gasteiger partial charge in [-0.25, -0.2) is 9.97 Å². The smallest absolute Gasteiger partial charge is 0.116 e. The Morgan fingerprint density at radius 1 is 1.08 bits per heavy atom. The highest BCUT2D eigenvalue weighted by atomic mass is 15.1. The summed E-state index contributed by atoms with van der Waals surface area (Å²) in [5.74, 6) is 0.126. The molecule has 2 heterocycles. The second-order valence-electron chi connectivity index (χ2n) is 6.65. The Bertz CT molecular complexity index is 895.